The summed E-state index contributed by atoms with van der Waals surface area (Å²) in [6.45, 7) is 0. The summed E-state index contributed by atoms with van der Waals surface area (Å²) in [6, 6.07) is 10.6. The molecule has 1 heterocycles. The molecule has 0 unspecified atom stereocenters. The maximum atomic E-state index is 12.3. The first-order valence-electron chi connectivity index (χ1n) is 6.68. The van der Waals surface area contributed by atoms with Crippen LogP contribution < -0.4 is 14.8 Å². The minimum Gasteiger partial charge on any atom is -0.493 e. The summed E-state index contributed by atoms with van der Waals surface area (Å²) in [5.41, 5.74) is 2.08. The van der Waals surface area contributed by atoms with Gasteiger partial charge in [0.05, 0.1) is 25.9 Å². The van der Waals surface area contributed by atoms with Crippen molar-refractivity contribution in [1.82, 2.24) is 10.2 Å². The number of amides is 1. The maximum absolute atomic E-state index is 12.3. The minimum absolute atomic E-state index is 0.199. The van der Waals surface area contributed by atoms with E-state index in [0.29, 0.717) is 22.7 Å². The molecule has 1 aromatic heterocycles. The second kappa shape index (κ2) is 5.77. The molecule has 0 bridgehead atoms. The van der Waals surface area contributed by atoms with E-state index in [4.69, 9.17) is 9.47 Å². The molecule has 0 fully saturated rings. The number of hydrogen-bond donors (Lipinski definition) is 2. The molecule has 3 aromatic rings. The Balaban J connectivity index is 1.84. The number of nitrogens with zero attached hydrogens (tertiary/aromatic N) is 1. The Morgan fingerprint density at radius 3 is 2.68 bits per heavy atom. The van der Waals surface area contributed by atoms with Crippen LogP contribution in [0.4, 0.5) is 5.69 Å². The van der Waals surface area contributed by atoms with Gasteiger partial charge in [0.25, 0.3) is 5.91 Å². The van der Waals surface area contributed by atoms with Crippen molar-refractivity contribution >= 4 is 22.5 Å². The molecular weight excluding hydrogens is 282 g/mol. The molecule has 0 spiro atoms. The molecule has 2 N–H and O–H groups in total. The topological polar surface area (TPSA) is 76.2 Å². The summed E-state index contributed by atoms with van der Waals surface area (Å²) in [4.78, 5) is 12.3. The predicted molar refractivity (Wildman–Crippen MR) is 83.6 cm³/mol. The first-order valence-corrected chi connectivity index (χ1v) is 6.68. The molecule has 2 aromatic carbocycles. The van der Waals surface area contributed by atoms with Crippen molar-refractivity contribution < 1.29 is 14.3 Å². The number of aromatic nitrogens is 2. The lowest BCUT2D eigenvalue weighted by molar-refractivity contribution is 0.102. The highest BCUT2D eigenvalue weighted by Crippen LogP contribution is 2.30. The van der Waals surface area contributed by atoms with Crippen LogP contribution in [-0.4, -0.2) is 30.3 Å². The average molecular weight is 297 g/mol. The van der Waals surface area contributed by atoms with Crippen molar-refractivity contribution in [2.45, 2.75) is 0 Å². The van der Waals surface area contributed by atoms with Crippen molar-refractivity contribution in [3.8, 4) is 11.5 Å². The quantitative estimate of drug-likeness (QED) is 0.776. The van der Waals surface area contributed by atoms with Crippen molar-refractivity contribution in [2.24, 2.45) is 0 Å². The van der Waals surface area contributed by atoms with E-state index in [1.165, 1.54) is 0 Å². The lowest BCUT2D eigenvalue weighted by Crippen LogP contribution is -2.11. The van der Waals surface area contributed by atoms with Gasteiger partial charge < -0.3 is 14.8 Å². The fourth-order valence-electron chi connectivity index (χ4n) is 2.20. The molecule has 0 saturated carbocycles. The van der Waals surface area contributed by atoms with Gasteiger partial charge in [-0.3, -0.25) is 9.89 Å². The third kappa shape index (κ3) is 2.58. The number of aromatic amines is 1. The van der Waals surface area contributed by atoms with Gasteiger partial charge in [0.2, 0.25) is 0 Å². The number of benzene rings is 2. The van der Waals surface area contributed by atoms with Crippen molar-refractivity contribution in [3.05, 3.63) is 48.2 Å². The average Bonchev–Trinajstić information content (AvgIpc) is 3.02. The number of carbonyl (C=O) groups is 1. The van der Waals surface area contributed by atoms with E-state index in [9.17, 15) is 4.79 Å². The molecule has 3 rings (SSSR count). The molecule has 0 aliphatic carbocycles. The van der Waals surface area contributed by atoms with E-state index in [1.807, 2.05) is 6.07 Å². The van der Waals surface area contributed by atoms with Crippen LogP contribution in [0, 0.1) is 0 Å². The summed E-state index contributed by atoms with van der Waals surface area (Å²) >= 11 is 0. The zero-order valence-electron chi connectivity index (χ0n) is 12.2. The highest BCUT2D eigenvalue weighted by Gasteiger charge is 2.10. The monoisotopic (exact) mass is 297 g/mol. The molecule has 112 valence electrons. The SMILES string of the molecule is COc1ccc(NC(=O)c2ccc3[nH]ncc3c2)cc1OC. The smallest absolute Gasteiger partial charge is 0.255 e. The van der Waals surface area contributed by atoms with Gasteiger partial charge in [0.15, 0.2) is 11.5 Å². The standard InChI is InChI=1S/C16H15N3O3/c1-21-14-6-4-12(8-15(14)22-2)18-16(20)10-3-5-13-11(7-10)9-17-19-13/h3-9H,1-2H3,(H,17,19)(H,18,20). The number of anilines is 1. The van der Waals surface area contributed by atoms with Crippen LogP contribution in [0.5, 0.6) is 11.5 Å². The molecule has 0 aliphatic heterocycles. The van der Waals surface area contributed by atoms with E-state index >= 15 is 0 Å². The number of fused-ring (bicyclic) bond motifs is 1. The summed E-state index contributed by atoms with van der Waals surface area (Å²) in [6.07, 6.45) is 1.68. The van der Waals surface area contributed by atoms with Gasteiger partial charge in [0.1, 0.15) is 0 Å². The highest BCUT2D eigenvalue weighted by molar-refractivity contribution is 6.06. The fraction of sp³-hybridized carbons (Fsp3) is 0.125. The van der Waals surface area contributed by atoms with Crippen LogP contribution >= 0.6 is 0 Å². The zero-order chi connectivity index (χ0) is 15.5. The lowest BCUT2D eigenvalue weighted by atomic mass is 10.1. The van der Waals surface area contributed by atoms with Crippen LogP contribution in [-0.2, 0) is 0 Å². The van der Waals surface area contributed by atoms with Crippen LogP contribution in [0.1, 0.15) is 10.4 Å². The lowest BCUT2D eigenvalue weighted by Gasteiger charge is -2.10. The van der Waals surface area contributed by atoms with Gasteiger partial charge in [0, 0.05) is 22.7 Å². The van der Waals surface area contributed by atoms with E-state index in [-0.39, 0.29) is 5.91 Å². The molecule has 0 saturated heterocycles. The Morgan fingerprint density at radius 2 is 1.91 bits per heavy atom. The molecule has 0 atom stereocenters. The van der Waals surface area contributed by atoms with Crippen LogP contribution in [0.3, 0.4) is 0 Å². The summed E-state index contributed by atoms with van der Waals surface area (Å²) in [5.74, 6) is 0.973. The molecular formula is C16H15N3O3. The largest absolute Gasteiger partial charge is 0.493 e. The van der Waals surface area contributed by atoms with Crippen LogP contribution in [0.25, 0.3) is 10.9 Å². The predicted octanol–water partition coefficient (Wildman–Crippen LogP) is 2.83. The van der Waals surface area contributed by atoms with Crippen LogP contribution in [0.15, 0.2) is 42.6 Å². The Labute approximate surface area is 127 Å². The van der Waals surface area contributed by atoms with E-state index in [1.54, 1.807) is 50.7 Å². The van der Waals surface area contributed by atoms with Crippen LogP contribution in [0.2, 0.25) is 0 Å². The van der Waals surface area contributed by atoms with Crippen molar-refractivity contribution in [3.63, 3.8) is 0 Å². The zero-order valence-corrected chi connectivity index (χ0v) is 12.2. The second-order valence-electron chi connectivity index (χ2n) is 4.70. The van der Waals surface area contributed by atoms with E-state index in [2.05, 4.69) is 15.5 Å². The normalized spacial score (nSPS) is 10.5. The van der Waals surface area contributed by atoms with Gasteiger partial charge in [-0.1, -0.05) is 0 Å². The molecule has 0 radical (unpaired) electrons. The van der Waals surface area contributed by atoms with E-state index in [0.717, 1.165) is 10.9 Å². The van der Waals surface area contributed by atoms with Crippen molar-refractivity contribution in [1.29, 1.82) is 0 Å². The van der Waals surface area contributed by atoms with E-state index < -0.39 is 0 Å². The molecule has 0 aliphatic rings. The van der Waals surface area contributed by atoms with Gasteiger partial charge in [-0.2, -0.15) is 5.10 Å². The Hall–Kier alpha value is -3.02. The number of carbonyl (C=O) groups excluding carboxylic acids is 1. The second-order valence-corrected chi connectivity index (χ2v) is 4.70. The Bertz CT molecular complexity index is 826. The Kier molecular flexibility index (Phi) is 3.65. The van der Waals surface area contributed by atoms with Gasteiger partial charge >= 0.3 is 0 Å². The number of hydrogen-bond acceptors (Lipinski definition) is 4. The first-order chi connectivity index (χ1) is 10.7. The molecule has 6 heteroatoms. The summed E-state index contributed by atoms with van der Waals surface area (Å²) in [7, 11) is 3.12. The number of methoxy groups -OCH3 is 2. The van der Waals surface area contributed by atoms with Gasteiger partial charge in [-0.25, -0.2) is 0 Å². The molecule has 1 amide bonds. The third-order valence-corrected chi connectivity index (χ3v) is 3.34. The first kappa shape index (κ1) is 13.9. The number of H-pyrrole nitrogens is 1. The highest BCUT2D eigenvalue weighted by atomic mass is 16.5. The summed E-state index contributed by atoms with van der Waals surface area (Å²) < 4.78 is 10.4. The minimum atomic E-state index is -0.199. The fourth-order valence-corrected chi connectivity index (χ4v) is 2.20. The maximum Gasteiger partial charge on any atom is 0.255 e. The van der Waals surface area contributed by atoms with Crippen molar-refractivity contribution in [2.75, 3.05) is 19.5 Å². The molecule has 6 nitrogen and oxygen atoms in total. The summed E-state index contributed by atoms with van der Waals surface area (Å²) in [5, 5.41) is 10.5. The van der Waals surface area contributed by atoms with Gasteiger partial charge in [-0.15, -0.1) is 0 Å². The third-order valence-electron chi connectivity index (χ3n) is 3.34. The van der Waals surface area contributed by atoms with Gasteiger partial charge in [-0.05, 0) is 30.3 Å². The Morgan fingerprint density at radius 1 is 1.09 bits per heavy atom. The molecule has 22 heavy (non-hydrogen) atoms. The number of nitrogens with one attached hydrogen (secondary N) is 2. The number of ether oxygens (including phenoxy) is 2. The number of rotatable bonds is 4.